The lowest BCUT2D eigenvalue weighted by Gasteiger charge is -2.38. The molecule has 1 aromatic carbocycles. The minimum Gasteiger partial charge on any atom is -0.340 e. The summed E-state index contributed by atoms with van der Waals surface area (Å²) in [6.45, 7) is 7.07. The predicted molar refractivity (Wildman–Crippen MR) is 112 cm³/mol. The van der Waals surface area contributed by atoms with Crippen LogP contribution < -0.4 is 4.72 Å². The molecule has 0 unspecified atom stereocenters. The number of hydrogen-bond donors (Lipinski definition) is 1. The standard InChI is InChI=1S/C20H30ClN3O3S/c1-3-16(4-2)20(25)24-10-9-23-12-18(11-19(23)13-24)22-28(26,27)14-15-5-7-17(21)8-6-15/h5-8,16,18-19,22H,3-4,9-14H2,1-2H3/t18-,19-/m0/s1. The SMILES string of the molecule is CCC(CC)C(=O)N1CCN2C[C@@H](NS(=O)(=O)Cc3ccc(Cl)cc3)C[C@H]2C1. The highest BCUT2D eigenvalue weighted by Crippen LogP contribution is 2.25. The maximum atomic E-state index is 12.7. The average Bonchev–Trinajstić information content (AvgIpc) is 3.04. The van der Waals surface area contributed by atoms with Crippen molar-refractivity contribution in [1.82, 2.24) is 14.5 Å². The van der Waals surface area contributed by atoms with Crippen LogP contribution in [0.25, 0.3) is 0 Å². The van der Waals surface area contributed by atoms with Gasteiger partial charge in [-0.1, -0.05) is 37.6 Å². The van der Waals surface area contributed by atoms with E-state index in [1.165, 1.54) is 0 Å². The van der Waals surface area contributed by atoms with Gasteiger partial charge in [0.25, 0.3) is 0 Å². The van der Waals surface area contributed by atoms with Crippen molar-refractivity contribution in [2.24, 2.45) is 5.92 Å². The van der Waals surface area contributed by atoms with Crippen LogP contribution in [0.3, 0.4) is 0 Å². The summed E-state index contributed by atoms with van der Waals surface area (Å²) < 4.78 is 28.0. The number of halogens is 1. The molecule has 2 fully saturated rings. The van der Waals surface area contributed by atoms with Gasteiger partial charge in [0.1, 0.15) is 0 Å². The summed E-state index contributed by atoms with van der Waals surface area (Å²) in [7, 11) is -3.43. The Hall–Kier alpha value is -1.15. The Morgan fingerprint density at radius 1 is 1.18 bits per heavy atom. The zero-order valence-corrected chi connectivity index (χ0v) is 18.2. The van der Waals surface area contributed by atoms with E-state index in [1.807, 2.05) is 4.90 Å². The van der Waals surface area contributed by atoms with Gasteiger partial charge in [0.15, 0.2) is 0 Å². The van der Waals surface area contributed by atoms with E-state index in [4.69, 9.17) is 11.6 Å². The number of fused-ring (bicyclic) bond motifs is 1. The van der Waals surface area contributed by atoms with Crippen molar-refractivity contribution in [3.63, 3.8) is 0 Å². The Balaban J connectivity index is 1.56. The summed E-state index contributed by atoms with van der Waals surface area (Å²) >= 11 is 5.86. The number of nitrogens with one attached hydrogen (secondary N) is 1. The molecular weight excluding hydrogens is 398 g/mol. The maximum Gasteiger partial charge on any atom is 0.225 e. The molecule has 0 aliphatic carbocycles. The Bertz CT molecular complexity index is 780. The highest BCUT2D eigenvalue weighted by Gasteiger charge is 2.39. The monoisotopic (exact) mass is 427 g/mol. The van der Waals surface area contributed by atoms with Crippen molar-refractivity contribution in [3.8, 4) is 0 Å². The fourth-order valence-electron chi connectivity index (χ4n) is 4.32. The van der Waals surface area contributed by atoms with Gasteiger partial charge >= 0.3 is 0 Å². The van der Waals surface area contributed by atoms with Gasteiger partial charge in [-0.3, -0.25) is 9.69 Å². The normalized spacial score (nSPS) is 23.2. The van der Waals surface area contributed by atoms with Crippen LogP contribution in [0.5, 0.6) is 0 Å². The Morgan fingerprint density at radius 2 is 1.86 bits per heavy atom. The van der Waals surface area contributed by atoms with E-state index in [9.17, 15) is 13.2 Å². The number of benzene rings is 1. The fraction of sp³-hybridized carbons (Fsp3) is 0.650. The summed E-state index contributed by atoms with van der Waals surface area (Å²) in [6, 6.07) is 7.00. The van der Waals surface area contributed by atoms with Crippen LogP contribution in [-0.4, -0.2) is 62.4 Å². The van der Waals surface area contributed by atoms with Crippen molar-refractivity contribution in [2.75, 3.05) is 26.2 Å². The second-order valence-corrected chi connectivity index (χ2v) is 10.1. The van der Waals surface area contributed by atoms with Crippen LogP contribution in [0.15, 0.2) is 24.3 Å². The molecule has 3 rings (SSSR count). The topological polar surface area (TPSA) is 69.7 Å². The molecule has 1 amide bonds. The van der Waals surface area contributed by atoms with Crippen molar-refractivity contribution in [1.29, 1.82) is 0 Å². The number of piperazine rings is 1. The van der Waals surface area contributed by atoms with Crippen LogP contribution in [0, 0.1) is 5.92 Å². The van der Waals surface area contributed by atoms with Crippen LogP contribution >= 0.6 is 11.6 Å². The van der Waals surface area contributed by atoms with Gasteiger partial charge in [-0.05, 0) is 37.0 Å². The van der Waals surface area contributed by atoms with Crippen LogP contribution in [0.1, 0.15) is 38.7 Å². The van der Waals surface area contributed by atoms with E-state index in [1.54, 1.807) is 24.3 Å². The Kier molecular flexibility index (Phi) is 7.02. The molecule has 2 saturated heterocycles. The quantitative estimate of drug-likeness (QED) is 0.725. The second-order valence-electron chi connectivity index (χ2n) is 7.88. The van der Waals surface area contributed by atoms with Crippen molar-refractivity contribution < 1.29 is 13.2 Å². The van der Waals surface area contributed by atoms with Gasteiger partial charge in [0, 0.05) is 49.2 Å². The van der Waals surface area contributed by atoms with Crippen molar-refractivity contribution in [2.45, 2.75) is 50.9 Å². The summed E-state index contributed by atoms with van der Waals surface area (Å²) in [5.74, 6) is 0.294. The van der Waals surface area contributed by atoms with Gasteiger partial charge in [0.2, 0.25) is 15.9 Å². The molecule has 8 heteroatoms. The van der Waals surface area contributed by atoms with Crippen LogP contribution in [0.2, 0.25) is 5.02 Å². The van der Waals surface area contributed by atoms with Gasteiger partial charge in [-0.2, -0.15) is 0 Å². The van der Waals surface area contributed by atoms with Gasteiger partial charge < -0.3 is 4.90 Å². The third-order valence-electron chi connectivity index (χ3n) is 5.88. The first-order chi connectivity index (χ1) is 13.3. The second kappa shape index (κ2) is 9.11. The van der Waals surface area contributed by atoms with Gasteiger partial charge in [-0.25, -0.2) is 13.1 Å². The molecule has 6 nitrogen and oxygen atoms in total. The van der Waals surface area contributed by atoms with E-state index >= 15 is 0 Å². The number of carbonyl (C=O) groups excluding carboxylic acids is 1. The number of nitrogens with zero attached hydrogens (tertiary/aromatic N) is 2. The third-order valence-corrected chi connectivity index (χ3v) is 7.54. The molecule has 0 aromatic heterocycles. The lowest BCUT2D eigenvalue weighted by Crippen LogP contribution is -2.53. The molecule has 2 aliphatic rings. The summed E-state index contributed by atoms with van der Waals surface area (Å²) in [5.41, 5.74) is 0.717. The Labute approximate surface area is 173 Å². The largest absolute Gasteiger partial charge is 0.340 e. The molecule has 156 valence electrons. The molecule has 28 heavy (non-hydrogen) atoms. The molecular formula is C20H30ClN3O3S. The zero-order valence-electron chi connectivity index (χ0n) is 16.6. The molecule has 2 atom stereocenters. The summed E-state index contributed by atoms with van der Waals surface area (Å²) in [5, 5.41) is 0.592. The van der Waals surface area contributed by atoms with Crippen LogP contribution in [-0.2, 0) is 20.6 Å². The lowest BCUT2D eigenvalue weighted by atomic mass is 10.0. The highest BCUT2D eigenvalue weighted by molar-refractivity contribution is 7.88. The minimum absolute atomic E-state index is 0.0510. The molecule has 0 radical (unpaired) electrons. The minimum atomic E-state index is -3.43. The lowest BCUT2D eigenvalue weighted by molar-refractivity contribution is -0.138. The molecule has 0 saturated carbocycles. The van der Waals surface area contributed by atoms with Crippen molar-refractivity contribution in [3.05, 3.63) is 34.9 Å². The molecule has 0 bridgehead atoms. The Morgan fingerprint density at radius 3 is 2.50 bits per heavy atom. The third kappa shape index (κ3) is 5.26. The predicted octanol–water partition coefficient (Wildman–Crippen LogP) is 2.48. The summed E-state index contributed by atoms with van der Waals surface area (Å²) in [6.07, 6.45) is 2.48. The molecule has 1 N–H and O–H groups in total. The first-order valence-corrected chi connectivity index (χ1v) is 12.1. The van der Waals surface area contributed by atoms with E-state index < -0.39 is 10.0 Å². The zero-order chi connectivity index (χ0) is 20.3. The smallest absolute Gasteiger partial charge is 0.225 e. The maximum absolute atomic E-state index is 12.7. The molecule has 2 aliphatic heterocycles. The summed E-state index contributed by atoms with van der Waals surface area (Å²) in [4.78, 5) is 17.0. The fourth-order valence-corrected chi connectivity index (χ4v) is 5.84. The molecule has 0 spiro atoms. The first kappa shape index (κ1) is 21.6. The molecule has 2 heterocycles. The van der Waals surface area contributed by atoms with Crippen molar-refractivity contribution >= 4 is 27.5 Å². The first-order valence-electron chi connectivity index (χ1n) is 10.1. The van der Waals surface area contributed by atoms with Gasteiger partial charge in [-0.15, -0.1) is 0 Å². The van der Waals surface area contributed by atoms with Crippen LogP contribution in [0.4, 0.5) is 0 Å². The number of sulfonamides is 1. The number of rotatable bonds is 7. The number of hydrogen-bond acceptors (Lipinski definition) is 4. The van der Waals surface area contributed by atoms with Gasteiger partial charge in [0.05, 0.1) is 5.75 Å². The molecule has 1 aromatic rings. The van der Waals surface area contributed by atoms with E-state index in [0.717, 1.165) is 37.9 Å². The highest BCUT2D eigenvalue weighted by atomic mass is 35.5. The number of carbonyl (C=O) groups is 1. The van der Waals surface area contributed by atoms with E-state index in [-0.39, 0.29) is 29.7 Å². The van der Waals surface area contributed by atoms with E-state index in [2.05, 4.69) is 23.5 Å². The number of amides is 1. The van der Waals surface area contributed by atoms with E-state index in [0.29, 0.717) is 18.1 Å². The average molecular weight is 428 g/mol.